The monoisotopic (exact) mass is 630 g/mol. The molecule has 46 heavy (non-hydrogen) atoms. The number of benzene rings is 3. The van der Waals surface area contributed by atoms with Crippen LogP contribution in [0.5, 0.6) is 34.5 Å². The normalized spacial score (nSPS) is 11.2. The van der Waals surface area contributed by atoms with Gasteiger partial charge in [0.05, 0.1) is 29.9 Å². The summed E-state index contributed by atoms with van der Waals surface area (Å²) in [5.41, 5.74) is 7.85. The molecular formula is C36H46N4O6. The lowest BCUT2D eigenvalue weighted by molar-refractivity contribution is 0.301. The van der Waals surface area contributed by atoms with Gasteiger partial charge in [-0.25, -0.2) is 15.0 Å². The summed E-state index contributed by atoms with van der Waals surface area (Å²) in [5, 5.41) is 43.8. The number of phenolic OH excluding ortho intramolecular Hbond substituents is 4. The highest BCUT2D eigenvalue weighted by Gasteiger charge is 2.22. The van der Waals surface area contributed by atoms with Crippen LogP contribution in [0.25, 0.3) is 34.2 Å². The Labute approximate surface area is 270 Å². The van der Waals surface area contributed by atoms with E-state index in [1.807, 2.05) is 0 Å². The molecule has 1 aromatic heterocycles. The van der Waals surface area contributed by atoms with E-state index < -0.39 is 0 Å². The van der Waals surface area contributed by atoms with Crippen LogP contribution < -0.4 is 15.2 Å². The smallest absolute Gasteiger partial charge is 0.167 e. The summed E-state index contributed by atoms with van der Waals surface area (Å²) in [4.78, 5) is 13.9. The van der Waals surface area contributed by atoms with Gasteiger partial charge in [0.25, 0.3) is 0 Å². The van der Waals surface area contributed by atoms with Crippen LogP contribution in [0.1, 0.15) is 81.9 Å². The van der Waals surface area contributed by atoms with Gasteiger partial charge < -0.3 is 35.6 Å². The van der Waals surface area contributed by atoms with Crippen molar-refractivity contribution in [1.29, 1.82) is 0 Å². The molecule has 1 heterocycles. The second-order valence-electron chi connectivity index (χ2n) is 11.5. The number of hydrogen-bond acceptors (Lipinski definition) is 10. The van der Waals surface area contributed by atoms with Crippen molar-refractivity contribution in [3.63, 3.8) is 0 Å². The fourth-order valence-electron chi connectivity index (χ4n) is 5.20. The van der Waals surface area contributed by atoms with E-state index in [1.165, 1.54) is 12.1 Å². The summed E-state index contributed by atoms with van der Waals surface area (Å²) in [7, 11) is 0. The van der Waals surface area contributed by atoms with Crippen molar-refractivity contribution in [3.05, 3.63) is 53.1 Å². The molecular weight excluding hydrogens is 584 g/mol. The molecule has 0 saturated carbocycles. The van der Waals surface area contributed by atoms with Crippen molar-refractivity contribution in [2.75, 3.05) is 13.2 Å². The molecule has 0 bridgehead atoms. The molecule has 0 amide bonds. The Balaban J connectivity index is 1.79. The molecule has 0 aliphatic rings. The van der Waals surface area contributed by atoms with Crippen LogP contribution in [0.15, 0.2) is 36.4 Å². The predicted octanol–water partition coefficient (Wildman–Crippen LogP) is 7.69. The third-order valence-electron chi connectivity index (χ3n) is 8.09. The molecule has 4 rings (SSSR count). The number of ether oxygens (including phenoxy) is 2. The molecule has 0 aliphatic heterocycles. The molecule has 0 aliphatic carbocycles. The first-order valence-corrected chi connectivity index (χ1v) is 16.1. The molecule has 10 nitrogen and oxygen atoms in total. The Morgan fingerprint density at radius 1 is 0.565 bits per heavy atom. The summed E-state index contributed by atoms with van der Waals surface area (Å²) in [6.45, 7) is 8.80. The highest BCUT2D eigenvalue weighted by Crippen LogP contribution is 2.41. The standard InChI is InChI=1S/C36H46N4O6/c1-5-7-9-11-19-45-29-17-14-24(31(42)22(29)3)34-38-35(40-36(39-34)26-13-16-28(41)27(21-37)33(26)44)25-15-18-30(23(4)32(25)43)46-20-12-10-8-6-2/h13-18,41-44H,5-12,19-21,37H2,1-4H3. The van der Waals surface area contributed by atoms with Crippen LogP contribution in [0.4, 0.5) is 0 Å². The number of rotatable bonds is 16. The fourth-order valence-corrected chi connectivity index (χ4v) is 5.20. The summed E-state index contributed by atoms with van der Waals surface area (Å²) in [6.07, 6.45) is 8.54. The Morgan fingerprint density at radius 3 is 1.39 bits per heavy atom. The Hall–Kier alpha value is -4.57. The van der Waals surface area contributed by atoms with Gasteiger partial charge in [0.2, 0.25) is 0 Å². The molecule has 6 N–H and O–H groups in total. The summed E-state index contributed by atoms with van der Waals surface area (Å²) in [5.74, 6) is 0.881. The van der Waals surface area contributed by atoms with Crippen molar-refractivity contribution in [1.82, 2.24) is 15.0 Å². The van der Waals surface area contributed by atoms with E-state index in [2.05, 4.69) is 28.8 Å². The quantitative estimate of drug-likeness (QED) is 0.0775. The van der Waals surface area contributed by atoms with Crippen molar-refractivity contribution in [2.24, 2.45) is 5.73 Å². The van der Waals surface area contributed by atoms with E-state index >= 15 is 0 Å². The Kier molecular flexibility index (Phi) is 12.0. The van der Waals surface area contributed by atoms with Crippen molar-refractivity contribution < 1.29 is 29.9 Å². The predicted molar refractivity (Wildman–Crippen MR) is 179 cm³/mol. The van der Waals surface area contributed by atoms with Gasteiger partial charge in [-0.3, -0.25) is 0 Å². The average molecular weight is 631 g/mol. The van der Waals surface area contributed by atoms with Crippen molar-refractivity contribution in [3.8, 4) is 68.7 Å². The lowest BCUT2D eigenvalue weighted by Gasteiger charge is -2.16. The molecule has 0 fully saturated rings. The maximum atomic E-state index is 11.3. The van der Waals surface area contributed by atoms with E-state index in [1.54, 1.807) is 38.1 Å². The first-order chi connectivity index (χ1) is 22.2. The SMILES string of the molecule is CCCCCCOc1ccc(-c2nc(-c3ccc(OCCCCCC)c(C)c3O)nc(-c3ccc(O)c(CN)c3O)n2)c(O)c1C. The van der Waals surface area contributed by atoms with Crippen molar-refractivity contribution in [2.45, 2.75) is 85.6 Å². The Bertz CT molecular complexity index is 1550. The highest BCUT2D eigenvalue weighted by atomic mass is 16.5. The first kappa shape index (κ1) is 34.3. The zero-order valence-electron chi connectivity index (χ0n) is 27.3. The molecule has 0 spiro atoms. The second kappa shape index (κ2) is 16.1. The largest absolute Gasteiger partial charge is 0.507 e. The molecule has 0 unspecified atom stereocenters. The molecule has 0 atom stereocenters. The van der Waals surface area contributed by atoms with Crippen LogP contribution in [0.2, 0.25) is 0 Å². The number of aromatic nitrogens is 3. The minimum absolute atomic E-state index is 0.0565. The van der Waals surface area contributed by atoms with E-state index in [0.29, 0.717) is 47.0 Å². The lowest BCUT2D eigenvalue weighted by Crippen LogP contribution is -2.04. The van der Waals surface area contributed by atoms with E-state index in [4.69, 9.17) is 15.2 Å². The minimum atomic E-state index is -0.273. The van der Waals surface area contributed by atoms with Gasteiger partial charge in [-0.15, -0.1) is 0 Å². The van der Waals surface area contributed by atoms with E-state index in [-0.39, 0.29) is 58.1 Å². The zero-order valence-corrected chi connectivity index (χ0v) is 27.3. The number of nitrogens with zero attached hydrogens (tertiary/aromatic N) is 3. The summed E-state index contributed by atoms with van der Waals surface area (Å²) < 4.78 is 11.9. The zero-order chi connectivity index (χ0) is 33.2. The molecule has 4 aromatic rings. The van der Waals surface area contributed by atoms with Crippen LogP contribution in [-0.2, 0) is 6.54 Å². The average Bonchev–Trinajstić information content (AvgIpc) is 3.04. The Morgan fingerprint density at radius 2 is 0.978 bits per heavy atom. The maximum absolute atomic E-state index is 11.3. The summed E-state index contributed by atoms with van der Waals surface area (Å²) in [6, 6.07) is 9.78. The van der Waals surface area contributed by atoms with Gasteiger partial charge in [-0.2, -0.15) is 0 Å². The van der Waals surface area contributed by atoms with Gasteiger partial charge in [0.1, 0.15) is 34.5 Å². The number of aromatic hydroxyl groups is 4. The maximum Gasteiger partial charge on any atom is 0.167 e. The second-order valence-corrected chi connectivity index (χ2v) is 11.5. The van der Waals surface area contributed by atoms with Crippen LogP contribution in [0, 0.1) is 13.8 Å². The molecule has 3 aromatic carbocycles. The topological polar surface area (TPSA) is 164 Å². The van der Waals surface area contributed by atoms with Crippen molar-refractivity contribution >= 4 is 0 Å². The third kappa shape index (κ3) is 7.80. The first-order valence-electron chi connectivity index (χ1n) is 16.1. The van der Waals surface area contributed by atoms with E-state index in [0.717, 1.165) is 51.4 Å². The number of unbranched alkanes of at least 4 members (excludes halogenated alkanes) is 6. The summed E-state index contributed by atoms with van der Waals surface area (Å²) >= 11 is 0. The molecule has 246 valence electrons. The number of phenols is 4. The minimum Gasteiger partial charge on any atom is -0.507 e. The molecule has 10 heteroatoms. The highest BCUT2D eigenvalue weighted by molar-refractivity contribution is 5.77. The van der Waals surface area contributed by atoms with Gasteiger partial charge in [-0.1, -0.05) is 52.4 Å². The van der Waals surface area contributed by atoms with Crippen LogP contribution in [0.3, 0.4) is 0 Å². The van der Waals surface area contributed by atoms with Gasteiger partial charge in [0.15, 0.2) is 17.5 Å². The number of hydrogen-bond donors (Lipinski definition) is 5. The molecule has 0 radical (unpaired) electrons. The van der Waals surface area contributed by atoms with Crippen LogP contribution in [-0.4, -0.2) is 48.6 Å². The van der Waals surface area contributed by atoms with E-state index in [9.17, 15) is 20.4 Å². The van der Waals surface area contributed by atoms with Gasteiger partial charge >= 0.3 is 0 Å². The third-order valence-corrected chi connectivity index (χ3v) is 8.09. The fraction of sp³-hybridized carbons (Fsp3) is 0.417. The van der Waals surface area contributed by atoms with Gasteiger partial charge in [0, 0.05) is 23.2 Å². The number of nitrogens with two attached hydrogens (primary N) is 1. The molecule has 0 saturated heterocycles. The lowest BCUT2D eigenvalue weighted by atomic mass is 10.0. The van der Waals surface area contributed by atoms with Gasteiger partial charge in [-0.05, 0) is 63.1 Å². The van der Waals surface area contributed by atoms with Crippen LogP contribution >= 0.6 is 0 Å².